The number of hydrogen-bond acceptors (Lipinski definition) is 5. The zero-order valence-electron chi connectivity index (χ0n) is 11.4. The summed E-state index contributed by atoms with van der Waals surface area (Å²) in [6.07, 6.45) is 2.54. The second kappa shape index (κ2) is 4.79. The van der Waals surface area contributed by atoms with E-state index in [2.05, 4.69) is 21.0 Å². The first-order valence-electron chi connectivity index (χ1n) is 6.90. The Morgan fingerprint density at radius 1 is 1.10 bits per heavy atom. The van der Waals surface area contributed by atoms with Gasteiger partial charge in [-0.05, 0) is 11.5 Å². The zero-order chi connectivity index (χ0) is 14.2. The molecule has 3 heterocycles. The first-order valence-corrected chi connectivity index (χ1v) is 6.90. The molecular weight excluding hydrogens is 264 g/mol. The van der Waals surface area contributed by atoms with Gasteiger partial charge in [0.1, 0.15) is 11.5 Å². The molecule has 5 nitrogen and oxygen atoms in total. The standard InChI is InChI=1S/C16H14N4O/c17-15-12-9-21-8-6-13(12)19-16(20-15)14-11-4-2-1-3-10(11)5-7-18-14/h1-5,7H,6,8-9H2,(H2,17,19,20). The number of ether oxygens (including phenoxy) is 1. The topological polar surface area (TPSA) is 73.9 Å². The first kappa shape index (κ1) is 12.2. The van der Waals surface area contributed by atoms with Gasteiger partial charge in [-0.15, -0.1) is 0 Å². The number of pyridine rings is 1. The molecule has 0 radical (unpaired) electrons. The molecule has 21 heavy (non-hydrogen) atoms. The predicted molar refractivity (Wildman–Crippen MR) is 80.5 cm³/mol. The van der Waals surface area contributed by atoms with Crippen LogP contribution in [0.2, 0.25) is 0 Å². The largest absolute Gasteiger partial charge is 0.383 e. The maximum atomic E-state index is 6.06. The fraction of sp³-hybridized carbons (Fsp3) is 0.188. The summed E-state index contributed by atoms with van der Waals surface area (Å²) in [4.78, 5) is 13.5. The molecule has 0 saturated heterocycles. The summed E-state index contributed by atoms with van der Waals surface area (Å²) in [5.74, 6) is 1.08. The second-order valence-corrected chi connectivity index (χ2v) is 5.04. The highest BCUT2D eigenvalue weighted by molar-refractivity contribution is 5.92. The lowest BCUT2D eigenvalue weighted by Crippen LogP contribution is -2.16. The second-order valence-electron chi connectivity index (χ2n) is 5.04. The Balaban J connectivity index is 1.95. The lowest BCUT2D eigenvalue weighted by atomic mass is 10.1. The van der Waals surface area contributed by atoms with Crippen molar-refractivity contribution < 1.29 is 4.74 Å². The number of fused-ring (bicyclic) bond motifs is 2. The third kappa shape index (κ3) is 2.02. The van der Waals surface area contributed by atoms with Gasteiger partial charge in [-0.1, -0.05) is 24.3 Å². The summed E-state index contributed by atoms with van der Waals surface area (Å²) in [7, 11) is 0. The number of benzene rings is 1. The molecule has 0 unspecified atom stereocenters. The molecule has 1 aliphatic rings. The van der Waals surface area contributed by atoms with Crippen LogP contribution >= 0.6 is 0 Å². The lowest BCUT2D eigenvalue weighted by Gasteiger charge is -2.17. The fourth-order valence-corrected chi connectivity index (χ4v) is 2.66. The van der Waals surface area contributed by atoms with E-state index in [1.807, 2.05) is 24.3 Å². The number of rotatable bonds is 1. The van der Waals surface area contributed by atoms with Crippen LogP contribution in [0.15, 0.2) is 36.5 Å². The molecule has 0 amide bonds. The maximum absolute atomic E-state index is 6.06. The summed E-state index contributed by atoms with van der Waals surface area (Å²) in [6.45, 7) is 1.16. The van der Waals surface area contributed by atoms with Crippen LogP contribution in [-0.4, -0.2) is 21.6 Å². The van der Waals surface area contributed by atoms with Crippen LogP contribution in [0.5, 0.6) is 0 Å². The van der Waals surface area contributed by atoms with Crippen LogP contribution in [0.25, 0.3) is 22.3 Å². The van der Waals surface area contributed by atoms with Crippen molar-refractivity contribution in [2.75, 3.05) is 12.3 Å². The minimum atomic E-state index is 0.490. The van der Waals surface area contributed by atoms with E-state index < -0.39 is 0 Å². The van der Waals surface area contributed by atoms with Crippen molar-refractivity contribution in [3.63, 3.8) is 0 Å². The molecule has 4 rings (SSSR count). The van der Waals surface area contributed by atoms with E-state index in [0.29, 0.717) is 24.9 Å². The molecule has 3 aromatic rings. The van der Waals surface area contributed by atoms with Gasteiger partial charge < -0.3 is 10.5 Å². The number of anilines is 1. The van der Waals surface area contributed by atoms with E-state index in [9.17, 15) is 0 Å². The molecule has 1 aliphatic heterocycles. The van der Waals surface area contributed by atoms with Crippen molar-refractivity contribution >= 4 is 16.6 Å². The van der Waals surface area contributed by atoms with Gasteiger partial charge in [-0.2, -0.15) is 0 Å². The molecule has 5 heteroatoms. The summed E-state index contributed by atoms with van der Waals surface area (Å²) in [5.41, 5.74) is 8.72. The highest BCUT2D eigenvalue weighted by Gasteiger charge is 2.18. The number of nitrogens with two attached hydrogens (primary N) is 1. The molecule has 0 aliphatic carbocycles. The lowest BCUT2D eigenvalue weighted by molar-refractivity contribution is 0.109. The molecule has 0 atom stereocenters. The first-order chi connectivity index (χ1) is 10.3. The van der Waals surface area contributed by atoms with Crippen LogP contribution in [0.3, 0.4) is 0 Å². The summed E-state index contributed by atoms with van der Waals surface area (Å²) in [6, 6.07) is 10.1. The van der Waals surface area contributed by atoms with E-state index in [1.165, 1.54) is 0 Å². The van der Waals surface area contributed by atoms with Gasteiger partial charge in [-0.3, -0.25) is 4.98 Å². The number of hydrogen-bond donors (Lipinski definition) is 1. The van der Waals surface area contributed by atoms with E-state index >= 15 is 0 Å². The molecular formula is C16H14N4O. The molecule has 0 bridgehead atoms. The highest BCUT2D eigenvalue weighted by Crippen LogP contribution is 2.27. The Morgan fingerprint density at radius 2 is 2.00 bits per heavy atom. The Kier molecular flexibility index (Phi) is 2.79. The summed E-state index contributed by atoms with van der Waals surface area (Å²) in [5, 5.41) is 2.15. The number of nitrogens with zero attached hydrogens (tertiary/aromatic N) is 3. The SMILES string of the molecule is Nc1nc(-c2nccc3ccccc23)nc2c1COCC2. The molecule has 2 aromatic heterocycles. The predicted octanol–water partition coefficient (Wildman–Crippen LogP) is 2.35. The van der Waals surface area contributed by atoms with Crippen molar-refractivity contribution in [2.24, 2.45) is 0 Å². The Hall–Kier alpha value is -2.53. The van der Waals surface area contributed by atoms with Gasteiger partial charge in [0.2, 0.25) is 0 Å². The Morgan fingerprint density at radius 3 is 2.95 bits per heavy atom. The fourth-order valence-electron chi connectivity index (χ4n) is 2.66. The van der Waals surface area contributed by atoms with Crippen LogP contribution in [-0.2, 0) is 17.8 Å². The van der Waals surface area contributed by atoms with Gasteiger partial charge in [0.05, 0.1) is 18.9 Å². The molecule has 1 aromatic carbocycles. The summed E-state index contributed by atoms with van der Waals surface area (Å²) < 4.78 is 5.42. The third-order valence-electron chi connectivity index (χ3n) is 3.74. The van der Waals surface area contributed by atoms with Crippen molar-refractivity contribution in [1.82, 2.24) is 15.0 Å². The smallest absolute Gasteiger partial charge is 0.181 e. The van der Waals surface area contributed by atoms with Crippen molar-refractivity contribution in [3.8, 4) is 11.5 Å². The molecule has 0 saturated carbocycles. The van der Waals surface area contributed by atoms with Gasteiger partial charge in [-0.25, -0.2) is 9.97 Å². The Bertz CT molecular complexity index is 826. The average molecular weight is 278 g/mol. The monoisotopic (exact) mass is 278 g/mol. The maximum Gasteiger partial charge on any atom is 0.181 e. The van der Waals surface area contributed by atoms with Crippen molar-refractivity contribution in [3.05, 3.63) is 47.8 Å². The van der Waals surface area contributed by atoms with E-state index in [4.69, 9.17) is 10.5 Å². The van der Waals surface area contributed by atoms with Gasteiger partial charge in [0, 0.05) is 23.6 Å². The van der Waals surface area contributed by atoms with Crippen LogP contribution in [0.4, 0.5) is 5.82 Å². The van der Waals surface area contributed by atoms with Crippen molar-refractivity contribution in [2.45, 2.75) is 13.0 Å². The highest BCUT2D eigenvalue weighted by atomic mass is 16.5. The van der Waals surface area contributed by atoms with Crippen LogP contribution in [0, 0.1) is 0 Å². The Labute approximate surface area is 121 Å². The van der Waals surface area contributed by atoms with E-state index in [-0.39, 0.29) is 0 Å². The quantitative estimate of drug-likeness (QED) is 0.739. The summed E-state index contributed by atoms with van der Waals surface area (Å²) >= 11 is 0. The number of nitrogen functional groups attached to an aromatic ring is 1. The van der Waals surface area contributed by atoms with Crippen LogP contribution in [0.1, 0.15) is 11.3 Å². The molecule has 2 N–H and O–H groups in total. The minimum absolute atomic E-state index is 0.490. The molecule has 0 spiro atoms. The van der Waals surface area contributed by atoms with Gasteiger partial charge in [0.15, 0.2) is 5.82 Å². The number of aromatic nitrogens is 3. The third-order valence-corrected chi connectivity index (χ3v) is 3.74. The van der Waals surface area contributed by atoms with E-state index in [0.717, 1.165) is 34.1 Å². The van der Waals surface area contributed by atoms with Crippen LogP contribution < -0.4 is 5.73 Å². The van der Waals surface area contributed by atoms with Gasteiger partial charge in [0.25, 0.3) is 0 Å². The van der Waals surface area contributed by atoms with Gasteiger partial charge >= 0.3 is 0 Å². The van der Waals surface area contributed by atoms with Crippen molar-refractivity contribution in [1.29, 1.82) is 0 Å². The minimum Gasteiger partial charge on any atom is -0.383 e. The average Bonchev–Trinajstić information content (AvgIpc) is 2.54. The molecule has 0 fully saturated rings. The normalized spacial score (nSPS) is 14.1. The van der Waals surface area contributed by atoms with E-state index in [1.54, 1.807) is 6.20 Å². The molecule has 104 valence electrons. The zero-order valence-corrected chi connectivity index (χ0v) is 11.4.